The summed E-state index contributed by atoms with van der Waals surface area (Å²) in [4.78, 5) is 2.13. The molecule has 82 valence electrons. The lowest BCUT2D eigenvalue weighted by molar-refractivity contribution is -0.0548. The molecule has 1 fully saturated rings. The minimum absolute atomic E-state index is 0.262. The Balaban J connectivity index is 2.72. The zero-order valence-corrected chi connectivity index (χ0v) is 9.88. The number of likely N-dealkylation sites (N-methyl/N-ethyl adjacent to an activating group) is 1. The van der Waals surface area contributed by atoms with Crippen LogP contribution in [-0.4, -0.2) is 35.7 Å². The molecule has 0 aliphatic heterocycles. The van der Waals surface area contributed by atoms with Gasteiger partial charge >= 0.3 is 0 Å². The van der Waals surface area contributed by atoms with Crippen LogP contribution in [0.1, 0.15) is 33.1 Å². The fraction of sp³-hybridized carbons (Fsp3) is 0.833. The summed E-state index contributed by atoms with van der Waals surface area (Å²) in [6, 6.07) is 0.262. The first-order valence-corrected chi connectivity index (χ1v) is 5.39. The number of hydrogen-bond acceptors (Lipinski definition) is 2. The van der Waals surface area contributed by atoms with Gasteiger partial charge < -0.3 is 10.0 Å². The first kappa shape index (κ1) is 11.7. The molecule has 0 spiro atoms. The summed E-state index contributed by atoms with van der Waals surface area (Å²) in [7, 11) is 4.08. The lowest BCUT2D eigenvalue weighted by Gasteiger charge is -2.44. The van der Waals surface area contributed by atoms with Gasteiger partial charge in [0.15, 0.2) is 0 Å². The normalized spacial score (nSPS) is 38.7. The Hall–Kier alpha value is -0.340. The number of allylic oxidation sites excluding steroid dienone is 1. The third-order valence-corrected chi connectivity index (χ3v) is 3.54. The van der Waals surface area contributed by atoms with Crippen LogP contribution >= 0.6 is 0 Å². The van der Waals surface area contributed by atoms with Crippen LogP contribution < -0.4 is 0 Å². The number of aliphatic hydroxyl groups is 1. The van der Waals surface area contributed by atoms with Crippen molar-refractivity contribution >= 4 is 0 Å². The Morgan fingerprint density at radius 1 is 1.50 bits per heavy atom. The predicted octanol–water partition coefficient (Wildman–Crippen LogP) is 2.04. The highest BCUT2D eigenvalue weighted by atomic mass is 16.3. The van der Waals surface area contributed by atoms with Crippen molar-refractivity contribution in [3.8, 4) is 0 Å². The minimum atomic E-state index is -0.532. The topological polar surface area (TPSA) is 23.5 Å². The van der Waals surface area contributed by atoms with Crippen LogP contribution in [0, 0.1) is 5.92 Å². The van der Waals surface area contributed by atoms with Gasteiger partial charge in [0.25, 0.3) is 0 Å². The Labute approximate surface area is 87.6 Å². The molecular weight excluding hydrogens is 174 g/mol. The SMILES string of the molecule is C=C(C)C1CCC(C)(O)C(N(C)C)C1. The number of hydrogen-bond donors (Lipinski definition) is 1. The summed E-state index contributed by atoms with van der Waals surface area (Å²) in [6.07, 6.45) is 3.00. The molecule has 1 aliphatic carbocycles. The van der Waals surface area contributed by atoms with Gasteiger partial charge in [-0.1, -0.05) is 12.2 Å². The van der Waals surface area contributed by atoms with Crippen LogP contribution in [-0.2, 0) is 0 Å². The molecule has 0 amide bonds. The zero-order valence-electron chi connectivity index (χ0n) is 9.88. The molecule has 1 saturated carbocycles. The van der Waals surface area contributed by atoms with Crippen molar-refractivity contribution in [1.29, 1.82) is 0 Å². The smallest absolute Gasteiger partial charge is 0.0774 e. The third-order valence-electron chi connectivity index (χ3n) is 3.54. The fourth-order valence-corrected chi connectivity index (χ4v) is 2.49. The summed E-state index contributed by atoms with van der Waals surface area (Å²) in [5, 5.41) is 10.2. The molecule has 0 aromatic carbocycles. The molecule has 3 unspecified atom stereocenters. The molecule has 0 heterocycles. The summed E-state index contributed by atoms with van der Waals surface area (Å²) in [6.45, 7) is 8.07. The van der Waals surface area contributed by atoms with Gasteiger partial charge in [-0.05, 0) is 53.1 Å². The van der Waals surface area contributed by atoms with Crippen LogP contribution in [0.15, 0.2) is 12.2 Å². The molecule has 1 aliphatic rings. The lowest BCUT2D eigenvalue weighted by Crippen LogP contribution is -2.52. The maximum Gasteiger partial charge on any atom is 0.0774 e. The Morgan fingerprint density at radius 3 is 2.50 bits per heavy atom. The van der Waals surface area contributed by atoms with E-state index >= 15 is 0 Å². The van der Waals surface area contributed by atoms with E-state index < -0.39 is 5.60 Å². The van der Waals surface area contributed by atoms with E-state index in [-0.39, 0.29) is 6.04 Å². The molecule has 1 rings (SSSR count). The average molecular weight is 197 g/mol. The van der Waals surface area contributed by atoms with Gasteiger partial charge in [0.2, 0.25) is 0 Å². The van der Waals surface area contributed by atoms with Gasteiger partial charge in [-0.2, -0.15) is 0 Å². The highest BCUT2D eigenvalue weighted by Crippen LogP contribution is 2.36. The van der Waals surface area contributed by atoms with Crippen molar-refractivity contribution in [2.24, 2.45) is 5.92 Å². The van der Waals surface area contributed by atoms with E-state index in [1.54, 1.807) is 0 Å². The second-order valence-electron chi connectivity index (χ2n) is 5.15. The number of rotatable bonds is 2. The Bertz CT molecular complexity index is 220. The summed E-state index contributed by atoms with van der Waals surface area (Å²) < 4.78 is 0. The van der Waals surface area contributed by atoms with Crippen molar-refractivity contribution in [2.75, 3.05) is 14.1 Å². The maximum absolute atomic E-state index is 10.2. The molecule has 0 saturated heterocycles. The second kappa shape index (κ2) is 4.03. The van der Waals surface area contributed by atoms with Crippen molar-refractivity contribution < 1.29 is 5.11 Å². The van der Waals surface area contributed by atoms with E-state index in [1.807, 2.05) is 21.0 Å². The van der Waals surface area contributed by atoms with E-state index in [0.717, 1.165) is 19.3 Å². The van der Waals surface area contributed by atoms with Gasteiger partial charge in [0, 0.05) is 6.04 Å². The zero-order chi connectivity index (χ0) is 10.9. The first-order valence-electron chi connectivity index (χ1n) is 5.39. The van der Waals surface area contributed by atoms with E-state index in [0.29, 0.717) is 5.92 Å². The largest absolute Gasteiger partial charge is 0.389 e. The Morgan fingerprint density at radius 2 is 2.07 bits per heavy atom. The summed E-state index contributed by atoms with van der Waals surface area (Å²) >= 11 is 0. The highest BCUT2D eigenvalue weighted by molar-refractivity contribution is 5.04. The summed E-state index contributed by atoms with van der Waals surface area (Å²) in [5.74, 6) is 0.586. The average Bonchev–Trinajstić information content (AvgIpc) is 2.02. The van der Waals surface area contributed by atoms with Crippen LogP contribution in [0.25, 0.3) is 0 Å². The molecule has 14 heavy (non-hydrogen) atoms. The van der Waals surface area contributed by atoms with Crippen LogP contribution in [0.2, 0.25) is 0 Å². The lowest BCUT2D eigenvalue weighted by atomic mass is 9.73. The maximum atomic E-state index is 10.2. The summed E-state index contributed by atoms with van der Waals surface area (Å²) in [5.41, 5.74) is 0.725. The van der Waals surface area contributed by atoms with Crippen LogP contribution in [0.4, 0.5) is 0 Å². The van der Waals surface area contributed by atoms with Crippen molar-refractivity contribution in [1.82, 2.24) is 4.90 Å². The molecule has 0 radical (unpaired) electrons. The molecule has 2 heteroatoms. The van der Waals surface area contributed by atoms with Crippen molar-refractivity contribution in [2.45, 2.75) is 44.8 Å². The van der Waals surface area contributed by atoms with Gasteiger partial charge in [-0.3, -0.25) is 0 Å². The molecule has 0 aromatic rings. The molecule has 3 atom stereocenters. The van der Waals surface area contributed by atoms with Gasteiger partial charge in [-0.15, -0.1) is 0 Å². The second-order valence-corrected chi connectivity index (χ2v) is 5.15. The van der Waals surface area contributed by atoms with Crippen molar-refractivity contribution in [3.63, 3.8) is 0 Å². The molecular formula is C12H23NO. The van der Waals surface area contributed by atoms with E-state index in [1.165, 1.54) is 5.57 Å². The van der Waals surface area contributed by atoms with Gasteiger partial charge in [0.05, 0.1) is 5.60 Å². The number of nitrogens with zero attached hydrogens (tertiary/aromatic N) is 1. The Kier molecular flexibility index (Phi) is 3.38. The highest BCUT2D eigenvalue weighted by Gasteiger charge is 2.39. The third kappa shape index (κ3) is 2.37. The standard InChI is InChI=1S/C12H23NO/c1-9(2)10-6-7-12(3,14)11(8-10)13(4)5/h10-11,14H,1,6-8H2,2-5H3. The first-order chi connectivity index (χ1) is 6.34. The van der Waals surface area contributed by atoms with E-state index in [4.69, 9.17) is 0 Å². The van der Waals surface area contributed by atoms with Crippen LogP contribution in [0.3, 0.4) is 0 Å². The molecule has 0 bridgehead atoms. The van der Waals surface area contributed by atoms with Gasteiger partial charge in [-0.25, -0.2) is 0 Å². The fourth-order valence-electron chi connectivity index (χ4n) is 2.49. The van der Waals surface area contributed by atoms with E-state index in [9.17, 15) is 5.11 Å². The molecule has 2 nitrogen and oxygen atoms in total. The predicted molar refractivity (Wildman–Crippen MR) is 60.3 cm³/mol. The minimum Gasteiger partial charge on any atom is -0.389 e. The monoisotopic (exact) mass is 197 g/mol. The quantitative estimate of drug-likeness (QED) is 0.685. The molecule has 1 N–H and O–H groups in total. The van der Waals surface area contributed by atoms with E-state index in [2.05, 4.69) is 18.4 Å². The van der Waals surface area contributed by atoms with Gasteiger partial charge in [0.1, 0.15) is 0 Å². The van der Waals surface area contributed by atoms with Crippen LogP contribution in [0.5, 0.6) is 0 Å². The molecule has 0 aromatic heterocycles. The van der Waals surface area contributed by atoms with Crippen molar-refractivity contribution in [3.05, 3.63) is 12.2 Å².